The lowest BCUT2D eigenvalue weighted by Gasteiger charge is -2.26. The Labute approximate surface area is 202 Å². The van der Waals surface area contributed by atoms with E-state index in [1.54, 1.807) is 41.3 Å². The molecule has 2 fully saturated rings. The number of H-pyrrole nitrogens is 1. The summed E-state index contributed by atoms with van der Waals surface area (Å²) in [7, 11) is 0. The highest BCUT2D eigenvalue weighted by Crippen LogP contribution is 2.27. The number of nitrogens with zero attached hydrogens (tertiary/aromatic N) is 2. The van der Waals surface area contributed by atoms with Gasteiger partial charge in [0.15, 0.2) is 5.82 Å². The average Bonchev–Trinajstić information content (AvgIpc) is 3.62. The van der Waals surface area contributed by atoms with Crippen molar-refractivity contribution in [1.82, 2.24) is 20.2 Å². The van der Waals surface area contributed by atoms with Crippen LogP contribution in [0.2, 0.25) is 0 Å². The number of aromatic amines is 1. The lowest BCUT2D eigenvalue weighted by atomic mass is 10.0. The third kappa shape index (κ3) is 4.81. The number of ketones is 1. The molecule has 180 valence electrons. The predicted molar refractivity (Wildman–Crippen MR) is 130 cm³/mol. The van der Waals surface area contributed by atoms with Crippen molar-refractivity contribution in [3.8, 4) is 11.4 Å². The Hall–Kier alpha value is -3.98. The molecule has 0 unspecified atom stereocenters. The van der Waals surface area contributed by atoms with E-state index in [9.17, 15) is 14.4 Å². The van der Waals surface area contributed by atoms with Gasteiger partial charge >= 0.3 is 0 Å². The fourth-order valence-corrected chi connectivity index (χ4v) is 4.09. The zero-order valence-electron chi connectivity index (χ0n) is 19.5. The summed E-state index contributed by atoms with van der Waals surface area (Å²) in [5, 5.41) is 2.98. The van der Waals surface area contributed by atoms with Gasteiger partial charge in [-0.05, 0) is 49.6 Å². The van der Waals surface area contributed by atoms with Crippen LogP contribution in [0.5, 0.6) is 0 Å². The van der Waals surface area contributed by atoms with Crippen LogP contribution in [0.4, 0.5) is 5.82 Å². The van der Waals surface area contributed by atoms with E-state index < -0.39 is 0 Å². The number of imidazole rings is 1. The number of rotatable bonds is 6. The SMILES string of the molecule is Cc1ccc(C(=O)NC2CC2)cc1-c1nc(N)c(C(=O)c2cccc(C(=O)N3CCOCC3)c2)[nH]1. The van der Waals surface area contributed by atoms with E-state index in [1.807, 2.05) is 13.0 Å². The highest BCUT2D eigenvalue weighted by atomic mass is 16.5. The molecule has 1 saturated heterocycles. The van der Waals surface area contributed by atoms with Crippen LogP contribution in [0.25, 0.3) is 11.4 Å². The van der Waals surface area contributed by atoms with Crippen molar-refractivity contribution in [2.24, 2.45) is 0 Å². The number of nitrogens with one attached hydrogen (secondary N) is 2. The summed E-state index contributed by atoms with van der Waals surface area (Å²) < 4.78 is 5.31. The highest BCUT2D eigenvalue weighted by molar-refractivity contribution is 6.11. The van der Waals surface area contributed by atoms with Gasteiger partial charge in [-0.15, -0.1) is 0 Å². The Kier molecular flexibility index (Phi) is 6.08. The van der Waals surface area contributed by atoms with Gasteiger partial charge in [0, 0.05) is 41.4 Å². The summed E-state index contributed by atoms with van der Waals surface area (Å²) in [4.78, 5) is 47.8. The minimum atomic E-state index is -0.363. The number of aromatic nitrogens is 2. The van der Waals surface area contributed by atoms with Crippen LogP contribution in [0.1, 0.15) is 55.2 Å². The number of ether oxygens (including phenoxy) is 1. The second-order valence-corrected chi connectivity index (χ2v) is 8.94. The molecule has 2 aromatic carbocycles. The van der Waals surface area contributed by atoms with Crippen LogP contribution in [0.15, 0.2) is 42.5 Å². The van der Waals surface area contributed by atoms with Gasteiger partial charge in [0.2, 0.25) is 5.78 Å². The maximum Gasteiger partial charge on any atom is 0.254 e. The molecule has 35 heavy (non-hydrogen) atoms. The number of carbonyl (C=O) groups excluding carboxylic acids is 3. The van der Waals surface area contributed by atoms with E-state index in [0.29, 0.717) is 54.4 Å². The molecule has 1 saturated carbocycles. The number of aryl methyl sites for hydroxylation is 1. The molecule has 2 heterocycles. The molecule has 9 heteroatoms. The molecule has 1 aliphatic heterocycles. The van der Waals surface area contributed by atoms with Crippen molar-refractivity contribution in [3.05, 3.63) is 70.4 Å². The monoisotopic (exact) mass is 473 g/mol. The normalized spacial score (nSPS) is 15.6. The van der Waals surface area contributed by atoms with Gasteiger partial charge in [-0.2, -0.15) is 0 Å². The number of morpholine rings is 1. The topological polar surface area (TPSA) is 130 Å². The van der Waals surface area contributed by atoms with Gasteiger partial charge in [-0.25, -0.2) is 4.98 Å². The van der Waals surface area contributed by atoms with Crippen LogP contribution >= 0.6 is 0 Å². The number of benzene rings is 2. The maximum atomic E-state index is 13.3. The lowest BCUT2D eigenvalue weighted by Crippen LogP contribution is -2.40. The van der Waals surface area contributed by atoms with Crippen molar-refractivity contribution >= 4 is 23.4 Å². The number of amides is 2. The molecule has 9 nitrogen and oxygen atoms in total. The van der Waals surface area contributed by atoms with Gasteiger partial charge in [-0.1, -0.05) is 18.2 Å². The van der Waals surface area contributed by atoms with Gasteiger partial charge in [0.25, 0.3) is 11.8 Å². The number of nitrogen functional groups attached to an aromatic ring is 1. The fraction of sp³-hybridized carbons (Fsp3) is 0.308. The molecular formula is C26H27N5O4. The molecule has 4 N–H and O–H groups in total. The van der Waals surface area contributed by atoms with Crippen molar-refractivity contribution < 1.29 is 19.1 Å². The van der Waals surface area contributed by atoms with Crippen LogP contribution in [-0.2, 0) is 4.74 Å². The first-order chi connectivity index (χ1) is 16.9. The molecule has 0 atom stereocenters. The Balaban J connectivity index is 1.40. The quantitative estimate of drug-likeness (QED) is 0.472. The Bertz CT molecular complexity index is 1300. The second-order valence-electron chi connectivity index (χ2n) is 8.94. The molecule has 5 rings (SSSR count). The third-order valence-corrected chi connectivity index (χ3v) is 6.30. The van der Waals surface area contributed by atoms with Crippen LogP contribution in [0, 0.1) is 6.92 Å². The number of anilines is 1. The molecule has 0 bridgehead atoms. The minimum absolute atomic E-state index is 0.0575. The van der Waals surface area contributed by atoms with Gasteiger partial charge in [-0.3, -0.25) is 14.4 Å². The summed E-state index contributed by atoms with van der Waals surface area (Å²) in [5.74, 6) is -0.172. The first kappa shape index (κ1) is 22.8. The standard InChI is InChI=1S/C26H27N5O4/c1-15-5-6-17(25(33)28-19-7-8-19)14-20(15)24-29-21(23(27)30-24)22(32)16-3-2-4-18(13-16)26(34)31-9-11-35-12-10-31/h2-6,13-14,19H,7-12,27H2,1H3,(H,28,33)(H,29,30). The molecule has 1 aliphatic carbocycles. The molecule has 1 aromatic heterocycles. The smallest absolute Gasteiger partial charge is 0.254 e. The van der Waals surface area contributed by atoms with Crippen molar-refractivity contribution in [2.45, 2.75) is 25.8 Å². The summed E-state index contributed by atoms with van der Waals surface area (Å²) in [5.41, 5.74) is 9.13. The van der Waals surface area contributed by atoms with Gasteiger partial charge < -0.3 is 25.7 Å². The fourth-order valence-electron chi connectivity index (χ4n) is 4.09. The number of carbonyl (C=O) groups is 3. The lowest BCUT2D eigenvalue weighted by molar-refractivity contribution is 0.0303. The van der Waals surface area contributed by atoms with Crippen LogP contribution < -0.4 is 11.1 Å². The zero-order chi connectivity index (χ0) is 24.5. The van der Waals surface area contributed by atoms with E-state index in [-0.39, 0.29) is 35.2 Å². The van der Waals surface area contributed by atoms with Crippen molar-refractivity contribution in [2.75, 3.05) is 32.0 Å². The van der Waals surface area contributed by atoms with Crippen molar-refractivity contribution in [1.29, 1.82) is 0 Å². The molecule has 3 aromatic rings. The van der Waals surface area contributed by atoms with Crippen LogP contribution in [-0.4, -0.2) is 64.8 Å². The molecule has 0 radical (unpaired) electrons. The Morgan fingerprint density at radius 1 is 1.06 bits per heavy atom. The molecule has 2 amide bonds. The summed E-state index contributed by atoms with van der Waals surface area (Å²) >= 11 is 0. The zero-order valence-corrected chi connectivity index (χ0v) is 19.5. The van der Waals surface area contributed by atoms with Gasteiger partial charge in [0.05, 0.1) is 13.2 Å². The Morgan fingerprint density at radius 3 is 2.54 bits per heavy atom. The Morgan fingerprint density at radius 2 is 1.80 bits per heavy atom. The summed E-state index contributed by atoms with van der Waals surface area (Å²) in [6.07, 6.45) is 2.01. The minimum Gasteiger partial charge on any atom is -0.382 e. The average molecular weight is 474 g/mol. The first-order valence-electron chi connectivity index (χ1n) is 11.7. The van der Waals surface area contributed by atoms with Crippen LogP contribution in [0.3, 0.4) is 0 Å². The van der Waals surface area contributed by atoms with E-state index in [0.717, 1.165) is 18.4 Å². The predicted octanol–water partition coefficient (Wildman–Crippen LogP) is 2.56. The number of nitrogens with two attached hydrogens (primary N) is 1. The highest BCUT2D eigenvalue weighted by Gasteiger charge is 2.25. The number of hydrogen-bond acceptors (Lipinski definition) is 6. The molecule has 0 spiro atoms. The van der Waals surface area contributed by atoms with Crippen molar-refractivity contribution in [3.63, 3.8) is 0 Å². The molecule has 2 aliphatic rings. The maximum absolute atomic E-state index is 13.3. The summed E-state index contributed by atoms with van der Waals surface area (Å²) in [6, 6.07) is 12.2. The van der Waals surface area contributed by atoms with E-state index in [1.165, 1.54) is 0 Å². The number of hydrogen-bond donors (Lipinski definition) is 3. The van der Waals surface area contributed by atoms with Gasteiger partial charge in [0.1, 0.15) is 11.5 Å². The first-order valence-corrected chi connectivity index (χ1v) is 11.7. The van der Waals surface area contributed by atoms with E-state index in [2.05, 4.69) is 15.3 Å². The van der Waals surface area contributed by atoms with E-state index >= 15 is 0 Å². The third-order valence-electron chi connectivity index (χ3n) is 6.30. The second kappa shape index (κ2) is 9.34. The largest absolute Gasteiger partial charge is 0.382 e. The molecular weight excluding hydrogens is 446 g/mol. The van der Waals surface area contributed by atoms with E-state index in [4.69, 9.17) is 10.5 Å². The summed E-state index contributed by atoms with van der Waals surface area (Å²) in [6.45, 7) is 3.94.